The number of alkyl halides is 1. The maximum absolute atomic E-state index is 14.2. The molecule has 0 N–H and O–H groups in total. The standard InChI is InChI=1S/C14H10BrClFN3O/c1-21-9-2-3-10(17)12(5-9)20-13(6-16)19-11-4-8(15)7-18-14(11)20/h2-5,7H,6H2,1H3. The molecule has 3 rings (SSSR count). The molecule has 21 heavy (non-hydrogen) atoms. The lowest BCUT2D eigenvalue weighted by molar-refractivity contribution is 0.413. The van der Waals surface area contributed by atoms with Gasteiger partial charge in [0.25, 0.3) is 0 Å². The Bertz CT molecular complexity index is 821. The summed E-state index contributed by atoms with van der Waals surface area (Å²) in [4.78, 5) is 8.71. The van der Waals surface area contributed by atoms with Gasteiger partial charge in [-0.15, -0.1) is 11.6 Å². The largest absolute Gasteiger partial charge is 0.497 e. The molecule has 0 aliphatic heterocycles. The van der Waals surface area contributed by atoms with Crippen LogP contribution in [0.2, 0.25) is 0 Å². The minimum absolute atomic E-state index is 0.143. The van der Waals surface area contributed by atoms with Gasteiger partial charge in [0, 0.05) is 16.7 Å². The van der Waals surface area contributed by atoms with Crippen LogP contribution < -0.4 is 4.74 Å². The first-order valence-corrected chi connectivity index (χ1v) is 7.39. The predicted molar refractivity (Wildman–Crippen MR) is 82.6 cm³/mol. The molecule has 0 radical (unpaired) electrons. The second-order valence-corrected chi connectivity index (χ2v) is 5.49. The average molecular weight is 371 g/mol. The van der Waals surface area contributed by atoms with Gasteiger partial charge in [0.1, 0.15) is 22.9 Å². The van der Waals surface area contributed by atoms with Gasteiger partial charge in [0.2, 0.25) is 0 Å². The molecular weight excluding hydrogens is 361 g/mol. The fraction of sp³-hybridized carbons (Fsp3) is 0.143. The lowest BCUT2D eigenvalue weighted by atomic mass is 10.2. The molecule has 0 bridgehead atoms. The fourth-order valence-corrected chi connectivity index (χ4v) is 2.62. The van der Waals surface area contributed by atoms with Gasteiger partial charge in [-0.05, 0) is 34.1 Å². The maximum atomic E-state index is 14.2. The number of hydrogen-bond acceptors (Lipinski definition) is 3. The Labute approximate surface area is 133 Å². The van der Waals surface area contributed by atoms with Crippen molar-refractivity contribution in [3.63, 3.8) is 0 Å². The number of imidazole rings is 1. The van der Waals surface area contributed by atoms with Gasteiger partial charge < -0.3 is 4.74 Å². The summed E-state index contributed by atoms with van der Waals surface area (Å²) in [6, 6.07) is 6.31. The average Bonchev–Trinajstić information content (AvgIpc) is 2.85. The van der Waals surface area contributed by atoms with Crippen LogP contribution in [0, 0.1) is 5.82 Å². The van der Waals surface area contributed by atoms with E-state index >= 15 is 0 Å². The van der Waals surface area contributed by atoms with Crippen molar-refractivity contribution in [3.8, 4) is 11.4 Å². The highest BCUT2D eigenvalue weighted by Crippen LogP contribution is 2.27. The number of ether oxygens (including phenoxy) is 1. The fourth-order valence-electron chi connectivity index (χ4n) is 2.12. The SMILES string of the molecule is COc1ccc(F)c(-n2c(CCl)nc3cc(Br)cnc32)c1. The van der Waals surface area contributed by atoms with E-state index in [0.29, 0.717) is 28.4 Å². The molecule has 7 heteroatoms. The van der Waals surface area contributed by atoms with E-state index in [4.69, 9.17) is 16.3 Å². The first kappa shape index (κ1) is 14.3. The second kappa shape index (κ2) is 5.61. The summed E-state index contributed by atoms with van der Waals surface area (Å²) < 4.78 is 21.8. The normalized spacial score (nSPS) is 11.0. The van der Waals surface area contributed by atoms with Crippen LogP contribution in [0.15, 0.2) is 34.9 Å². The number of hydrogen-bond donors (Lipinski definition) is 0. The van der Waals surface area contributed by atoms with E-state index in [9.17, 15) is 4.39 Å². The van der Waals surface area contributed by atoms with E-state index in [2.05, 4.69) is 25.9 Å². The van der Waals surface area contributed by atoms with Crippen molar-refractivity contribution in [1.82, 2.24) is 14.5 Å². The Hall–Kier alpha value is -1.66. The van der Waals surface area contributed by atoms with Gasteiger partial charge >= 0.3 is 0 Å². The van der Waals surface area contributed by atoms with Crippen LogP contribution >= 0.6 is 27.5 Å². The van der Waals surface area contributed by atoms with Crippen LogP contribution in [0.1, 0.15) is 5.82 Å². The maximum Gasteiger partial charge on any atom is 0.164 e. The monoisotopic (exact) mass is 369 g/mol. The Morgan fingerprint density at radius 2 is 2.19 bits per heavy atom. The number of benzene rings is 1. The Balaban J connectivity index is 2.33. The zero-order chi connectivity index (χ0) is 15.0. The Kier molecular flexibility index (Phi) is 3.82. The lowest BCUT2D eigenvalue weighted by Crippen LogP contribution is -2.03. The molecule has 108 valence electrons. The van der Waals surface area contributed by atoms with Gasteiger partial charge in [0.15, 0.2) is 5.65 Å². The van der Waals surface area contributed by atoms with Crippen LogP contribution in [-0.4, -0.2) is 21.6 Å². The Morgan fingerprint density at radius 1 is 1.38 bits per heavy atom. The van der Waals surface area contributed by atoms with E-state index in [1.54, 1.807) is 22.9 Å². The number of nitrogens with zero attached hydrogens (tertiary/aromatic N) is 3. The Morgan fingerprint density at radius 3 is 2.90 bits per heavy atom. The minimum atomic E-state index is -0.397. The van der Waals surface area contributed by atoms with E-state index in [-0.39, 0.29) is 5.88 Å². The van der Waals surface area contributed by atoms with Gasteiger partial charge in [0.05, 0.1) is 18.7 Å². The van der Waals surface area contributed by atoms with Crippen molar-refractivity contribution in [1.29, 1.82) is 0 Å². The van der Waals surface area contributed by atoms with Crippen molar-refractivity contribution < 1.29 is 9.13 Å². The van der Waals surface area contributed by atoms with Crippen molar-refractivity contribution in [2.45, 2.75) is 5.88 Å². The summed E-state index contributed by atoms with van der Waals surface area (Å²) in [6.45, 7) is 0. The molecule has 0 saturated carbocycles. The third kappa shape index (κ3) is 2.49. The zero-order valence-electron chi connectivity index (χ0n) is 11.0. The van der Waals surface area contributed by atoms with Gasteiger partial charge in [-0.1, -0.05) is 0 Å². The second-order valence-electron chi connectivity index (χ2n) is 4.31. The number of fused-ring (bicyclic) bond motifs is 1. The molecule has 0 aliphatic rings. The molecule has 2 heterocycles. The predicted octanol–water partition coefficient (Wildman–Crippen LogP) is 4.07. The summed E-state index contributed by atoms with van der Waals surface area (Å²) in [5.41, 5.74) is 1.49. The summed E-state index contributed by atoms with van der Waals surface area (Å²) in [5, 5.41) is 0. The van der Waals surface area contributed by atoms with Crippen LogP contribution in [0.4, 0.5) is 4.39 Å². The number of rotatable bonds is 3. The van der Waals surface area contributed by atoms with Gasteiger partial charge in [-0.25, -0.2) is 14.4 Å². The highest BCUT2D eigenvalue weighted by Gasteiger charge is 2.17. The summed E-state index contributed by atoms with van der Waals surface area (Å²) in [6.07, 6.45) is 1.64. The minimum Gasteiger partial charge on any atom is -0.497 e. The molecule has 0 fully saturated rings. The first-order chi connectivity index (χ1) is 10.1. The third-order valence-corrected chi connectivity index (χ3v) is 3.72. The van der Waals surface area contributed by atoms with Crippen LogP contribution in [0.25, 0.3) is 16.9 Å². The van der Waals surface area contributed by atoms with Crippen LogP contribution in [0.5, 0.6) is 5.75 Å². The highest BCUT2D eigenvalue weighted by molar-refractivity contribution is 9.10. The molecule has 4 nitrogen and oxygen atoms in total. The topological polar surface area (TPSA) is 39.9 Å². The number of aromatic nitrogens is 3. The molecule has 3 aromatic rings. The van der Waals surface area contributed by atoms with E-state index < -0.39 is 5.82 Å². The van der Waals surface area contributed by atoms with Crippen molar-refractivity contribution in [2.75, 3.05) is 7.11 Å². The molecule has 0 saturated heterocycles. The third-order valence-electron chi connectivity index (χ3n) is 3.05. The summed E-state index contributed by atoms with van der Waals surface area (Å²) >= 11 is 9.29. The number of halogens is 3. The number of pyridine rings is 1. The molecule has 0 aliphatic carbocycles. The molecule has 0 unspecified atom stereocenters. The van der Waals surface area contributed by atoms with E-state index in [1.807, 2.05) is 6.07 Å². The van der Waals surface area contributed by atoms with Crippen LogP contribution in [0.3, 0.4) is 0 Å². The van der Waals surface area contributed by atoms with Crippen molar-refractivity contribution >= 4 is 38.7 Å². The zero-order valence-corrected chi connectivity index (χ0v) is 13.3. The molecule has 0 amide bonds. The van der Waals surface area contributed by atoms with Gasteiger partial charge in [-0.2, -0.15) is 0 Å². The first-order valence-electron chi connectivity index (χ1n) is 6.07. The van der Waals surface area contributed by atoms with Gasteiger partial charge in [-0.3, -0.25) is 4.57 Å². The molecule has 1 aromatic carbocycles. The number of methoxy groups -OCH3 is 1. The summed E-state index contributed by atoms with van der Waals surface area (Å²) in [5.74, 6) is 0.812. The van der Waals surface area contributed by atoms with Crippen molar-refractivity contribution in [3.05, 3.63) is 46.6 Å². The quantitative estimate of drug-likeness (QED) is 0.653. The molecule has 2 aromatic heterocycles. The van der Waals surface area contributed by atoms with Crippen molar-refractivity contribution in [2.24, 2.45) is 0 Å². The molecule has 0 atom stereocenters. The smallest absolute Gasteiger partial charge is 0.164 e. The lowest BCUT2D eigenvalue weighted by Gasteiger charge is -2.10. The summed E-state index contributed by atoms with van der Waals surface area (Å²) in [7, 11) is 1.53. The molecule has 0 spiro atoms. The van der Waals surface area contributed by atoms with E-state index in [1.165, 1.54) is 13.2 Å². The molecular formula is C14H10BrClFN3O. The highest BCUT2D eigenvalue weighted by atomic mass is 79.9. The van der Waals surface area contributed by atoms with E-state index in [0.717, 1.165) is 4.47 Å². The van der Waals surface area contributed by atoms with Crippen LogP contribution in [-0.2, 0) is 5.88 Å².